The van der Waals surface area contributed by atoms with Crippen molar-refractivity contribution in [3.8, 4) is 5.75 Å². The average molecular weight is 497 g/mol. The summed E-state index contributed by atoms with van der Waals surface area (Å²) in [6.45, 7) is 4.20. The van der Waals surface area contributed by atoms with Crippen molar-refractivity contribution in [1.82, 2.24) is 9.66 Å². The maximum atomic E-state index is 12.9. The van der Waals surface area contributed by atoms with E-state index in [1.54, 1.807) is 43.5 Å². The van der Waals surface area contributed by atoms with Gasteiger partial charge in [0.25, 0.3) is 5.56 Å². The van der Waals surface area contributed by atoms with Crippen LogP contribution in [0.1, 0.15) is 22.5 Å². The van der Waals surface area contributed by atoms with Crippen molar-refractivity contribution in [2.24, 2.45) is 5.10 Å². The summed E-state index contributed by atoms with van der Waals surface area (Å²) >= 11 is 9.59. The van der Waals surface area contributed by atoms with Gasteiger partial charge in [-0.05, 0) is 55.8 Å². The first-order valence-corrected chi connectivity index (χ1v) is 10.8. The molecule has 5 nitrogen and oxygen atoms in total. The third-order valence-electron chi connectivity index (χ3n) is 4.73. The van der Waals surface area contributed by atoms with Crippen molar-refractivity contribution in [3.05, 3.63) is 103 Å². The molecule has 0 unspecified atom stereocenters. The highest BCUT2D eigenvalue weighted by molar-refractivity contribution is 9.10. The SMILES string of the molecule is Cc1cccc(COc2ccc(Cl)cc2C=Nn2c(C)nc3ccc(Br)cc3c2=O)c1. The molecule has 7 heteroatoms. The number of hydrogen-bond donors (Lipinski definition) is 0. The van der Waals surface area contributed by atoms with E-state index in [2.05, 4.69) is 32.1 Å². The molecule has 0 saturated carbocycles. The summed E-state index contributed by atoms with van der Waals surface area (Å²) in [6.07, 6.45) is 1.57. The molecule has 0 radical (unpaired) electrons. The Bertz CT molecular complexity index is 1370. The highest BCUT2D eigenvalue weighted by Crippen LogP contribution is 2.23. The molecule has 0 fully saturated rings. The van der Waals surface area contributed by atoms with Crippen LogP contribution in [-0.2, 0) is 6.61 Å². The van der Waals surface area contributed by atoms with Crippen LogP contribution in [0.2, 0.25) is 5.02 Å². The topological polar surface area (TPSA) is 56.5 Å². The summed E-state index contributed by atoms with van der Waals surface area (Å²) in [4.78, 5) is 17.4. The van der Waals surface area contributed by atoms with E-state index in [0.29, 0.717) is 39.7 Å². The lowest BCUT2D eigenvalue weighted by Gasteiger charge is -2.10. The fourth-order valence-corrected chi connectivity index (χ4v) is 3.77. The Morgan fingerprint density at radius 1 is 1.13 bits per heavy atom. The zero-order valence-electron chi connectivity index (χ0n) is 17.0. The minimum absolute atomic E-state index is 0.246. The molecular weight excluding hydrogens is 478 g/mol. The zero-order chi connectivity index (χ0) is 22.0. The van der Waals surface area contributed by atoms with Crippen molar-refractivity contribution in [2.75, 3.05) is 0 Å². The second kappa shape index (κ2) is 9.04. The van der Waals surface area contributed by atoms with Gasteiger partial charge in [-0.1, -0.05) is 57.4 Å². The third kappa shape index (κ3) is 4.86. The average Bonchev–Trinajstić information content (AvgIpc) is 2.74. The molecule has 156 valence electrons. The molecule has 0 saturated heterocycles. The lowest BCUT2D eigenvalue weighted by Crippen LogP contribution is -2.20. The van der Waals surface area contributed by atoms with E-state index in [0.717, 1.165) is 10.0 Å². The van der Waals surface area contributed by atoms with E-state index < -0.39 is 0 Å². The van der Waals surface area contributed by atoms with Gasteiger partial charge in [-0.2, -0.15) is 9.78 Å². The number of nitrogens with zero attached hydrogens (tertiary/aromatic N) is 3. The minimum Gasteiger partial charge on any atom is -0.488 e. The van der Waals surface area contributed by atoms with Crippen LogP contribution in [0, 0.1) is 13.8 Å². The number of aromatic nitrogens is 2. The van der Waals surface area contributed by atoms with Gasteiger partial charge in [-0.15, -0.1) is 0 Å². The van der Waals surface area contributed by atoms with Crippen LogP contribution in [0.5, 0.6) is 5.75 Å². The molecule has 0 amide bonds. The number of aryl methyl sites for hydroxylation is 2. The minimum atomic E-state index is -0.246. The molecule has 1 heterocycles. The molecule has 31 heavy (non-hydrogen) atoms. The Labute approximate surface area is 193 Å². The van der Waals surface area contributed by atoms with Crippen molar-refractivity contribution >= 4 is 44.6 Å². The molecule has 4 rings (SSSR count). The van der Waals surface area contributed by atoms with E-state index in [1.807, 2.05) is 31.2 Å². The van der Waals surface area contributed by atoms with E-state index in [-0.39, 0.29) is 5.56 Å². The predicted molar refractivity (Wildman–Crippen MR) is 128 cm³/mol. The lowest BCUT2D eigenvalue weighted by atomic mass is 10.1. The molecule has 0 aliphatic heterocycles. The summed E-state index contributed by atoms with van der Waals surface area (Å²) in [5, 5.41) is 5.42. The number of rotatable bonds is 5. The quantitative estimate of drug-likeness (QED) is 0.324. The van der Waals surface area contributed by atoms with Gasteiger partial charge >= 0.3 is 0 Å². The molecule has 4 aromatic rings. The van der Waals surface area contributed by atoms with Gasteiger partial charge < -0.3 is 4.74 Å². The van der Waals surface area contributed by atoms with Crippen LogP contribution >= 0.6 is 27.5 Å². The summed E-state index contributed by atoms with van der Waals surface area (Å²) < 4.78 is 8.09. The van der Waals surface area contributed by atoms with Gasteiger partial charge in [-0.3, -0.25) is 4.79 Å². The first-order valence-electron chi connectivity index (χ1n) is 9.62. The Balaban J connectivity index is 1.68. The Morgan fingerprint density at radius 2 is 1.97 bits per heavy atom. The van der Waals surface area contributed by atoms with Crippen LogP contribution in [0.4, 0.5) is 0 Å². The smallest absolute Gasteiger partial charge is 0.282 e. The van der Waals surface area contributed by atoms with E-state index in [9.17, 15) is 4.79 Å². The fourth-order valence-electron chi connectivity index (χ4n) is 3.23. The van der Waals surface area contributed by atoms with Crippen LogP contribution < -0.4 is 10.3 Å². The Morgan fingerprint density at radius 3 is 2.77 bits per heavy atom. The van der Waals surface area contributed by atoms with Crippen LogP contribution in [-0.4, -0.2) is 15.9 Å². The van der Waals surface area contributed by atoms with Crippen molar-refractivity contribution in [1.29, 1.82) is 0 Å². The molecule has 1 aromatic heterocycles. The van der Waals surface area contributed by atoms with Gasteiger partial charge in [-0.25, -0.2) is 4.98 Å². The van der Waals surface area contributed by atoms with Crippen LogP contribution in [0.25, 0.3) is 10.9 Å². The van der Waals surface area contributed by atoms with Gasteiger partial charge in [0, 0.05) is 15.1 Å². The first kappa shape index (κ1) is 21.3. The van der Waals surface area contributed by atoms with E-state index in [1.165, 1.54) is 10.2 Å². The molecule has 0 bridgehead atoms. The molecule has 0 aliphatic carbocycles. The summed E-state index contributed by atoms with van der Waals surface area (Å²) in [5.74, 6) is 1.11. The largest absolute Gasteiger partial charge is 0.488 e. The highest BCUT2D eigenvalue weighted by Gasteiger charge is 2.09. The lowest BCUT2D eigenvalue weighted by molar-refractivity contribution is 0.305. The highest BCUT2D eigenvalue weighted by atomic mass is 79.9. The second-order valence-corrected chi connectivity index (χ2v) is 8.49. The number of ether oxygens (including phenoxy) is 1. The van der Waals surface area contributed by atoms with E-state index >= 15 is 0 Å². The molecule has 0 N–H and O–H groups in total. The molecule has 0 spiro atoms. The van der Waals surface area contributed by atoms with Crippen LogP contribution in [0.3, 0.4) is 0 Å². The normalized spacial score (nSPS) is 11.4. The van der Waals surface area contributed by atoms with Crippen LogP contribution in [0.15, 0.2) is 75.0 Å². The first-order chi connectivity index (χ1) is 14.9. The third-order valence-corrected chi connectivity index (χ3v) is 5.46. The van der Waals surface area contributed by atoms with Gasteiger partial charge in [0.2, 0.25) is 0 Å². The fraction of sp³-hybridized carbons (Fsp3) is 0.125. The monoisotopic (exact) mass is 495 g/mol. The number of benzene rings is 3. The zero-order valence-corrected chi connectivity index (χ0v) is 19.3. The maximum Gasteiger partial charge on any atom is 0.282 e. The molecule has 0 aliphatic rings. The second-order valence-electron chi connectivity index (χ2n) is 7.14. The summed E-state index contributed by atoms with van der Waals surface area (Å²) in [5.41, 5.74) is 3.28. The number of halogens is 2. The number of hydrogen-bond acceptors (Lipinski definition) is 4. The Hall–Kier alpha value is -2.96. The molecular formula is C24H19BrClN3O2. The standard InChI is InChI=1S/C24H19BrClN3O2/c1-15-4-3-5-17(10-15)14-31-23-9-7-20(26)11-18(23)13-27-29-16(2)28-22-8-6-19(25)12-21(22)24(29)30/h3-13H,14H2,1-2H3. The van der Waals surface area contributed by atoms with Gasteiger partial charge in [0.05, 0.1) is 17.1 Å². The summed E-state index contributed by atoms with van der Waals surface area (Å²) in [6, 6.07) is 18.8. The van der Waals surface area contributed by atoms with Gasteiger partial charge in [0.15, 0.2) is 0 Å². The molecule has 3 aromatic carbocycles. The number of fused-ring (bicyclic) bond motifs is 1. The van der Waals surface area contributed by atoms with Crippen molar-refractivity contribution < 1.29 is 4.74 Å². The Kier molecular flexibility index (Phi) is 6.20. The van der Waals surface area contributed by atoms with Crippen molar-refractivity contribution in [3.63, 3.8) is 0 Å². The summed E-state index contributed by atoms with van der Waals surface area (Å²) in [7, 11) is 0. The molecule has 0 atom stereocenters. The van der Waals surface area contributed by atoms with Gasteiger partial charge in [0.1, 0.15) is 18.2 Å². The van der Waals surface area contributed by atoms with E-state index in [4.69, 9.17) is 16.3 Å². The predicted octanol–water partition coefficient (Wildman–Crippen LogP) is 5.89. The maximum absolute atomic E-state index is 12.9. The van der Waals surface area contributed by atoms with Crippen molar-refractivity contribution in [2.45, 2.75) is 20.5 Å².